The summed E-state index contributed by atoms with van der Waals surface area (Å²) in [5.41, 5.74) is 6.79. The minimum Gasteiger partial charge on any atom is -0.469 e. The number of hydrogen-bond donors (Lipinski definition) is 0. The van der Waals surface area contributed by atoms with Crippen molar-refractivity contribution in [1.82, 2.24) is 14.8 Å². The number of ether oxygens (including phenoxy) is 1. The second kappa shape index (κ2) is 9.44. The lowest BCUT2D eigenvalue weighted by Gasteiger charge is -2.12. The van der Waals surface area contributed by atoms with Crippen LogP contribution in [0.3, 0.4) is 0 Å². The fourth-order valence-electron chi connectivity index (χ4n) is 5.02. The molecule has 0 N–H and O–H groups in total. The number of Topliss-reactive ketones (excluding diaryl/α,β-unsaturated/α-hetero) is 1. The van der Waals surface area contributed by atoms with E-state index in [0.29, 0.717) is 5.82 Å². The Hall–Kier alpha value is -3.91. The summed E-state index contributed by atoms with van der Waals surface area (Å²) in [7, 11) is 1.38. The molecule has 2 aromatic heterocycles. The predicted molar refractivity (Wildman–Crippen MR) is 147 cm³/mol. The number of hydrogen-bond acceptors (Lipinski definition) is 7. The van der Waals surface area contributed by atoms with E-state index in [1.807, 2.05) is 35.8 Å². The van der Waals surface area contributed by atoms with Crippen molar-refractivity contribution in [2.24, 2.45) is 10.9 Å². The van der Waals surface area contributed by atoms with Gasteiger partial charge in [-0.15, -0.1) is 21.5 Å². The van der Waals surface area contributed by atoms with E-state index in [4.69, 9.17) is 9.73 Å². The molecule has 0 radical (unpaired) electrons. The van der Waals surface area contributed by atoms with Gasteiger partial charge in [-0.25, -0.2) is 0 Å². The zero-order valence-corrected chi connectivity index (χ0v) is 22.6. The third-order valence-electron chi connectivity index (χ3n) is 7.41. The normalized spacial score (nSPS) is 16.3. The minimum atomic E-state index is -0.525. The fraction of sp³-hybridized carbons (Fsp3) is 0.300. The molecule has 0 spiro atoms. The number of carbonyl (C=O) groups is 2. The number of thiophene rings is 1. The summed E-state index contributed by atoms with van der Waals surface area (Å²) in [6, 6.07) is 15.6. The van der Waals surface area contributed by atoms with Crippen molar-refractivity contribution in [2.45, 2.75) is 46.1 Å². The van der Waals surface area contributed by atoms with Crippen molar-refractivity contribution in [3.05, 3.63) is 87.3 Å². The number of aryl methyl sites for hydroxylation is 2. The van der Waals surface area contributed by atoms with Gasteiger partial charge in [-0.2, -0.15) is 0 Å². The number of ketones is 1. The van der Waals surface area contributed by atoms with Gasteiger partial charge in [0.1, 0.15) is 16.9 Å². The number of esters is 1. The first-order valence-electron chi connectivity index (χ1n) is 12.8. The first-order chi connectivity index (χ1) is 18.4. The largest absolute Gasteiger partial charge is 0.469 e. The van der Waals surface area contributed by atoms with Gasteiger partial charge >= 0.3 is 5.97 Å². The van der Waals surface area contributed by atoms with Gasteiger partial charge in [0.05, 0.1) is 19.2 Å². The average molecular weight is 525 g/mol. The van der Waals surface area contributed by atoms with Crippen molar-refractivity contribution in [3.63, 3.8) is 0 Å². The van der Waals surface area contributed by atoms with Crippen LogP contribution in [0.5, 0.6) is 0 Å². The number of carbonyl (C=O) groups excluding carboxylic acids is 2. The van der Waals surface area contributed by atoms with Crippen molar-refractivity contribution < 1.29 is 14.3 Å². The van der Waals surface area contributed by atoms with Crippen molar-refractivity contribution in [3.8, 4) is 16.1 Å². The molecule has 192 valence electrons. The molecule has 7 nitrogen and oxygen atoms in total. The molecule has 1 saturated carbocycles. The minimum absolute atomic E-state index is 0.0744. The molecule has 6 rings (SSSR count). The molecular formula is C30H28N4O3S. The quantitative estimate of drug-likeness (QED) is 0.229. The first-order valence-corrected chi connectivity index (χ1v) is 13.6. The number of rotatable bonds is 6. The number of fused-ring (bicyclic) bond motifs is 3. The average Bonchev–Trinajstić information content (AvgIpc) is 3.68. The van der Waals surface area contributed by atoms with Crippen LogP contribution in [0.25, 0.3) is 16.1 Å². The predicted octanol–water partition coefficient (Wildman–Crippen LogP) is 5.97. The Morgan fingerprint density at radius 1 is 1.00 bits per heavy atom. The fourth-order valence-corrected chi connectivity index (χ4v) is 6.23. The van der Waals surface area contributed by atoms with E-state index < -0.39 is 6.04 Å². The van der Waals surface area contributed by atoms with Gasteiger partial charge in [0.2, 0.25) is 0 Å². The molecular weight excluding hydrogens is 496 g/mol. The van der Waals surface area contributed by atoms with Crippen LogP contribution >= 0.6 is 11.3 Å². The molecule has 38 heavy (non-hydrogen) atoms. The molecule has 8 heteroatoms. The van der Waals surface area contributed by atoms with Crippen molar-refractivity contribution >= 4 is 28.8 Å². The van der Waals surface area contributed by atoms with Crippen LogP contribution in [0.1, 0.15) is 68.9 Å². The van der Waals surface area contributed by atoms with Gasteiger partial charge in [0, 0.05) is 27.5 Å². The van der Waals surface area contributed by atoms with Crippen LogP contribution in [-0.4, -0.2) is 39.3 Å². The summed E-state index contributed by atoms with van der Waals surface area (Å²) in [4.78, 5) is 31.3. The van der Waals surface area contributed by atoms with Crippen LogP contribution < -0.4 is 0 Å². The highest BCUT2D eigenvalue weighted by Crippen LogP contribution is 2.40. The molecule has 0 amide bonds. The van der Waals surface area contributed by atoms with Gasteiger partial charge in [-0.3, -0.25) is 19.1 Å². The highest BCUT2D eigenvalue weighted by Gasteiger charge is 2.33. The molecule has 2 aliphatic rings. The van der Waals surface area contributed by atoms with Gasteiger partial charge in [0.25, 0.3) is 0 Å². The Balaban J connectivity index is 1.44. The molecule has 3 heterocycles. The molecule has 0 unspecified atom stereocenters. The Kier molecular flexibility index (Phi) is 6.07. The van der Waals surface area contributed by atoms with Crippen molar-refractivity contribution in [1.29, 1.82) is 0 Å². The van der Waals surface area contributed by atoms with Crippen LogP contribution in [0.2, 0.25) is 0 Å². The van der Waals surface area contributed by atoms with Gasteiger partial charge in [0.15, 0.2) is 11.6 Å². The molecule has 1 aliphatic carbocycles. The highest BCUT2D eigenvalue weighted by atomic mass is 32.1. The molecule has 1 aliphatic heterocycles. The molecule has 0 bridgehead atoms. The molecule has 1 atom stereocenters. The zero-order valence-electron chi connectivity index (χ0n) is 21.8. The Morgan fingerprint density at radius 2 is 1.74 bits per heavy atom. The monoisotopic (exact) mass is 524 g/mol. The number of benzene rings is 2. The zero-order chi connectivity index (χ0) is 26.6. The number of methoxy groups -OCH3 is 1. The van der Waals surface area contributed by atoms with Crippen LogP contribution in [0.4, 0.5) is 0 Å². The summed E-state index contributed by atoms with van der Waals surface area (Å²) in [5, 5.41) is 9.75. The lowest BCUT2D eigenvalue weighted by atomic mass is 9.95. The van der Waals surface area contributed by atoms with Gasteiger partial charge < -0.3 is 4.74 Å². The SMILES string of the molecule is COC(=O)C[C@@H]1N=C(c2ccc(-c3cccc(C(=O)C4CC4)c3)cc2)c2c(sc(C)c2C)-n2c(C)nnc21. The molecule has 4 aromatic rings. The van der Waals surface area contributed by atoms with E-state index in [2.05, 4.69) is 48.3 Å². The maximum absolute atomic E-state index is 12.6. The third-order valence-corrected chi connectivity index (χ3v) is 8.61. The lowest BCUT2D eigenvalue weighted by molar-refractivity contribution is -0.141. The van der Waals surface area contributed by atoms with E-state index in [-0.39, 0.29) is 24.1 Å². The molecule has 0 saturated heterocycles. The highest BCUT2D eigenvalue weighted by molar-refractivity contribution is 7.15. The summed E-state index contributed by atoms with van der Waals surface area (Å²) in [5.74, 6) is 1.48. The first kappa shape index (κ1) is 24.4. The van der Waals surface area contributed by atoms with Gasteiger partial charge in [-0.05, 0) is 56.4 Å². The summed E-state index contributed by atoms with van der Waals surface area (Å²) >= 11 is 1.68. The number of nitrogens with zero attached hydrogens (tertiary/aromatic N) is 4. The standard InChI is InChI=1S/C30H28N4O3S/c1-16-17(2)38-30-26(16)27(31-24(15-25(35)37-4)29-33-32-18(3)34(29)30)20-10-8-19(9-11-20)22-6-5-7-23(14-22)28(36)21-12-13-21/h5-11,14,21,24H,12-13,15H2,1-4H3/t24-/m0/s1. The summed E-state index contributed by atoms with van der Waals surface area (Å²) in [6.45, 7) is 6.13. The van der Waals surface area contributed by atoms with Gasteiger partial charge in [-0.1, -0.05) is 42.5 Å². The Labute approximate surface area is 225 Å². The maximum atomic E-state index is 12.6. The number of aromatic nitrogens is 3. The summed E-state index contributed by atoms with van der Waals surface area (Å²) < 4.78 is 7.01. The summed E-state index contributed by atoms with van der Waals surface area (Å²) in [6.07, 6.45) is 2.07. The van der Waals surface area contributed by atoms with Crippen LogP contribution in [-0.2, 0) is 9.53 Å². The van der Waals surface area contributed by atoms with Crippen LogP contribution in [0, 0.1) is 26.7 Å². The Morgan fingerprint density at radius 3 is 2.45 bits per heavy atom. The molecule has 1 fully saturated rings. The van der Waals surface area contributed by atoms with E-state index in [1.54, 1.807) is 11.3 Å². The second-order valence-electron chi connectivity index (χ2n) is 9.97. The smallest absolute Gasteiger partial charge is 0.308 e. The third kappa shape index (κ3) is 4.19. The van der Waals surface area contributed by atoms with E-state index >= 15 is 0 Å². The van der Waals surface area contributed by atoms with Crippen molar-refractivity contribution in [2.75, 3.05) is 7.11 Å². The topological polar surface area (TPSA) is 86.4 Å². The Bertz CT molecular complexity index is 1610. The number of aliphatic imine (C=N–C) groups is 1. The van der Waals surface area contributed by atoms with Crippen LogP contribution in [0.15, 0.2) is 53.5 Å². The van der Waals surface area contributed by atoms with E-state index in [1.165, 1.54) is 12.0 Å². The van der Waals surface area contributed by atoms with E-state index in [9.17, 15) is 9.59 Å². The molecule has 2 aromatic carbocycles. The lowest BCUT2D eigenvalue weighted by Crippen LogP contribution is -2.12. The van der Waals surface area contributed by atoms with E-state index in [0.717, 1.165) is 62.8 Å². The maximum Gasteiger partial charge on any atom is 0.308 e. The second-order valence-corrected chi connectivity index (χ2v) is 11.2.